The van der Waals surface area contributed by atoms with E-state index in [0.717, 1.165) is 37.8 Å². The minimum Gasteiger partial charge on any atom is -0.339 e. The first-order chi connectivity index (χ1) is 8.33. The fourth-order valence-corrected chi connectivity index (χ4v) is 2.32. The molecule has 0 aromatic carbocycles. The van der Waals surface area contributed by atoms with Crippen LogP contribution < -0.4 is 10.6 Å². The Bertz CT molecular complexity index is 335. The summed E-state index contributed by atoms with van der Waals surface area (Å²) in [5, 5.41) is 7.35. The minimum atomic E-state index is 0.598. The van der Waals surface area contributed by atoms with E-state index in [1.54, 1.807) is 0 Å². The highest BCUT2D eigenvalue weighted by Crippen LogP contribution is 2.19. The van der Waals surface area contributed by atoms with E-state index in [4.69, 9.17) is 5.73 Å². The number of anilines is 1. The highest BCUT2D eigenvalue weighted by molar-refractivity contribution is 5.29. The highest BCUT2D eigenvalue weighted by Gasteiger charge is 2.21. The summed E-state index contributed by atoms with van der Waals surface area (Å²) in [6, 6.07) is 0. The van der Waals surface area contributed by atoms with Gasteiger partial charge in [0.05, 0.1) is 0 Å². The van der Waals surface area contributed by atoms with Gasteiger partial charge in [-0.1, -0.05) is 13.3 Å². The van der Waals surface area contributed by atoms with Crippen molar-refractivity contribution in [1.82, 2.24) is 15.2 Å². The van der Waals surface area contributed by atoms with Gasteiger partial charge in [0.1, 0.15) is 5.82 Å². The molecule has 3 N–H and O–H groups in total. The number of aromatic nitrogens is 3. The molecule has 0 aliphatic carbocycles. The average Bonchev–Trinajstić information content (AvgIpc) is 2.85. The Kier molecular flexibility index (Phi) is 4.36. The number of unbranched alkanes of at least 4 members (excludes halogenated alkanes) is 1. The fourth-order valence-electron chi connectivity index (χ4n) is 2.32. The van der Waals surface area contributed by atoms with Crippen molar-refractivity contribution in [2.45, 2.75) is 39.0 Å². The number of aromatic amines is 1. The molecule has 1 aliphatic rings. The van der Waals surface area contributed by atoms with Gasteiger partial charge < -0.3 is 10.6 Å². The SMILES string of the molecule is CCCCc1nc(N2CCCC(CN)C2)n[nH]1. The van der Waals surface area contributed by atoms with E-state index in [-0.39, 0.29) is 0 Å². The van der Waals surface area contributed by atoms with E-state index < -0.39 is 0 Å². The van der Waals surface area contributed by atoms with Gasteiger partial charge >= 0.3 is 0 Å². The maximum Gasteiger partial charge on any atom is 0.244 e. The molecule has 17 heavy (non-hydrogen) atoms. The Labute approximate surface area is 103 Å². The quantitative estimate of drug-likeness (QED) is 0.810. The van der Waals surface area contributed by atoms with Gasteiger partial charge in [-0.25, -0.2) is 0 Å². The van der Waals surface area contributed by atoms with E-state index in [9.17, 15) is 0 Å². The second-order valence-electron chi connectivity index (χ2n) is 4.88. The molecule has 1 fully saturated rings. The molecule has 0 amide bonds. The molecule has 0 saturated carbocycles. The molecule has 5 nitrogen and oxygen atoms in total. The normalized spacial score (nSPS) is 20.8. The highest BCUT2D eigenvalue weighted by atomic mass is 15.4. The van der Waals surface area contributed by atoms with E-state index in [0.29, 0.717) is 5.92 Å². The van der Waals surface area contributed by atoms with E-state index >= 15 is 0 Å². The van der Waals surface area contributed by atoms with Crippen LogP contribution in [-0.2, 0) is 6.42 Å². The van der Waals surface area contributed by atoms with Crippen LogP contribution in [-0.4, -0.2) is 34.8 Å². The average molecular weight is 237 g/mol. The Morgan fingerprint density at radius 1 is 1.53 bits per heavy atom. The Morgan fingerprint density at radius 2 is 2.41 bits per heavy atom. The third kappa shape index (κ3) is 3.19. The summed E-state index contributed by atoms with van der Waals surface area (Å²) < 4.78 is 0. The van der Waals surface area contributed by atoms with Crippen LogP contribution in [0.3, 0.4) is 0 Å². The molecular formula is C12H23N5. The number of hydrogen-bond donors (Lipinski definition) is 2. The van der Waals surface area contributed by atoms with Crippen molar-refractivity contribution in [2.75, 3.05) is 24.5 Å². The molecule has 0 spiro atoms. The summed E-state index contributed by atoms with van der Waals surface area (Å²) in [5.41, 5.74) is 5.74. The van der Waals surface area contributed by atoms with Gasteiger partial charge in [0.15, 0.2) is 0 Å². The van der Waals surface area contributed by atoms with Gasteiger partial charge in [-0.05, 0) is 31.7 Å². The molecule has 1 aromatic rings. The van der Waals surface area contributed by atoms with Gasteiger partial charge in [-0.15, -0.1) is 5.10 Å². The summed E-state index contributed by atoms with van der Waals surface area (Å²) in [5.74, 6) is 2.47. The number of aryl methyl sites for hydroxylation is 1. The van der Waals surface area contributed by atoms with Gasteiger partial charge in [-0.2, -0.15) is 4.98 Å². The van der Waals surface area contributed by atoms with E-state index in [1.807, 2.05) is 0 Å². The molecule has 1 aliphatic heterocycles. The van der Waals surface area contributed by atoms with Crippen LogP contribution in [0.25, 0.3) is 0 Å². The lowest BCUT2D eigenvalue weighted by Gasteiger charge is -2.31. The van der Waals surface area contributed by atoms with Gasteiger partial charge in [0.25, 0.3) is 0 Å². The summed E-state index contributed by atoms with van der Waals surface area (Å²) in [7, 11) is 0. The molecule has 2 rings (SSSR count). The first kappa shape index (κ1) is 12.4. The maximum absolute atomic E-state index is 5.74. The molecule has 1 saturated heterocycles. The van der Waals surface area contributed by atoms with Crippen LogP contribution in [0.1, 0.15) is 38.4 Å². The molecule has 1 atom stereocenters. The number of nitrogens with zero attached hydrogens (tertiary/aromatic N) is 3. The van der Waals surface area contributed by atoms with Crippen LogP contribution in [0, 0.1) is 5.92 Å². The number of piperidine rings is 1. The predicted octanol–water partition coefficient (Wildman–Crippen LogP) is 1.32. The fraction of sp³-hybridized carbons (Fsp3) is 0.833. The number of hydrogen-bond acceptors (Lipinski definition) is 4. The Balaban J connectivity index is 1.94. The lowest BCUT2D eigenvalue weighted by Crippen LogP contribution is -2.39. The zero-order valence-corrected chi connectivity index (χ0v) is 10.7. The Morgan fingerprint density at radius 3 is 3.18 bits per heavy atom. The van der Waals surface area contributed by atoms with Gasteiger partial charge in [-0.3, -0.25) is 5.10 Å². The van der Waals surface area contributed by atoms with Crippen LogP contribution >= 0.6 is 0 Å². The zero-order valence-electron chi connectivity index (χ0n) is 10.7. The standard InChI is InChI=1S/C12H23N5/c1-2-3-6-11-14-12(16-15-11)17-7-4-5-10(8-13)9-17/h10H,2-9,13H2,1H3,(H,14,15,16). The van der Waals surface area contributed by atoms with Crippen molar-refractivity contribution >= 4 is 5.95 Å². The summed E-state index contributed by atoms with van der Waals surface area (Å²) >= 11 is 0. The molecule has 0 bridgehead atoms. The summed E-state index contributed by atoms with van der Waals surface area (Å²) in [6.07, 6.45) is 5.79. The van der Waals surface area contributed by atoms with Gasteiger partial charge in [0.2, 0.25) is 5.95 Å². The number of nitrogens with one attached hydrogen (secondary N) is 1. The number of rotatable bonds is 5. The van der Waals surface area contributed by atoms with Crippen LogP contribution in [0.5, 0.6) is 0 Å². The number of nitrogens with two attached hydrogens (primary N) is 1. The van der Waals surface area contributed by atoms with Crippen molar-refractivity contribution in [1.29, 1.82) is 0 Å². The molecule has 1 unspecified atom stereocenters. The Hall–Kier alpha value is -1.10. The lowest BCUT2D eigenvalue weighted by atomic mass is 9.99. The first-order valence-corrected chi connectivity index (χ1v) is 6.69. The molecular weight excluding hydrogens is 214 g/mol. The smallest absolute Gasteiger partial charge is 0.244 e. The maximum atomic E-state index is 5.74. The molecule has 2 heterocycles. The van der Waals surface area contributed by atoms with Crippen LogP contribution in [0.2, 0.25) is 0 Å². The van der Waals surface area contributed by atoms with E-state index in [1.165, 1.54) is 25.7 Å². The largest absolute Gasteiger partial charge is 0.339 e. The van der Waals surface area contributed by atoms with Crippen LogP contribution in [0.4, 0.5) is 5.95 Å². The minimum absolute atomic E-state index is 0.598. The lowest BCUT2D eigenvalue weighted by molar-refractivity contribution is 0.419. The first-order valence-electron chi connectivity index (χ1n) is 6.69. The predicted molar refractivity (Wildman–Crippen MR) is 69.0 cm³/mol. The van der Waals surface area contributed by atoms with E-state index in [2.05, 4.69) is 27.0 Å². The van der Waals surface area contributed by atoms with Crippen molar-refractivity contribution in [2.24, 2.45) is 11.7 Å². The monoisotopic (exact) mass is 237 g/mol. The molecule has 1 aromatic heterocycles. The molecule has 0 radical (unpaired) electrons. The second-order valence-corrected chi connectivity index (χ2v) is 4.88. The third-order valence-electron chi connectivity index (χ3n) is 3.42. The van der Waals surface area contributed by atoms with Crippen LogP contribution in [0.15, 0.2) is 0 Å². The zero-order chi connectivity index (χ0) is 12.1. The van der Waals surface area contributed by atoms with Crippen molar-refractivity contribution in [3.05, 3.63) is 5.82 Å². The summed E-state index contributed by atoms with van der Waals surface area (Å²) in [6.45, 7) is 5.01. The third-order valence-corrected chi connectivity index (χ3v) is 3.42. The summed E-state index contributed by atoms with van der Waals surface area (Å²) in [4.78, 5) is 6.82. The molecule has 5 heteroatoms. The van der Waals surface area contributed by atoms with Crippen molar-refractivity contribution in [3.8, 4) is 0 Å². The topological polar surface area (TPSA) is 70.8 Å². The number of H-pyrrole nitrogens is 1. The van der Waals surface area contributed by atoms with Crippen molar-refractivity contribution < 1.29 is 0 Å². The molecule has 96 valence electrons. The van der Waals surface area contributed by atoms with Crippen molar-refractivity contribution in [3.63, 3.8) is 0 Å². The second kappa shape index (κ2) is 6.00. The van der Waals surface area contributed by atoms with Gasteiger partial charge in [0, 0.05) is 19.5 Å².